The second-order valence-electron chi connectivity index (χ2n) is 8.14. The summed E-state index contributed by atoms with van der Waals surface area (Å²) in [4.78, 5) is 34.9. The van der Waals surface area contributed by atoms with E-state index in [0.29, 0.717) is 18.7 Å². The fraction of sp³-hybridized carbons (Fsp3) is 0.400. The summed E-state index contributed by atoms with van der Waals surface area (Å²) < 4.78 is 5.50. The summed E-state index contributed by atoms with van der Waals surface area (Å²) in [5.41, 5.74) is 1.24. The van der Waals surface area contributed by atoms with Crippen LogP contribution in [0, 0.1) is 0 Å². The Bertz CT molecular complexity index is 1060. The van der Waals surface area contributed by atoms with Crippen molar-refractivity contribution in [1.82, 2.24) is 24.8 Å². The van der Waals surface area contributed by atoms with Crippen molar-refractivity contribution in [2.75, 3.05) is 38.2 Å². The molecule has 1 amide bonds. The van der Waals surface area contributed by atoms with Gasteiger partial charge in [0.2, 0.25) is 0 Å². The number of hydrogen-bond donors (Lipinski definition) is 0. The number of aromatic nitrogens is 4. The van der Waals surface area contributed by atoms with Gasteiger partial charge < -0.3 is 14.5 Å². The molecule has 0 atom stereocenters. The standard InChI is InChI=1S/C25H30N6O2/c1-4-30(5-2)23(32)19-16-28-24(29-17-19)25(20-7-6-8-21(15-20)33-3)9-13-31(14-10-25)22-18-26-11-12-27-22/h6-8,11-12,15-18H,4-5,9-10,13-14H2,1-3H3. The predicted octanol–water partition coefficient (Wildman–Crippen LogP) is 3.34. The number of methoxy groups -OCH3 is 1. The largest absolute Gasteiger partial charge is 0.497 e. The highest BCUT2D eigenvalue weighted by Crippen LogP contribution is 2.41. The van der Waals surface area contributed by atoms with Crippen molar-refractivity contribution in [2.24, 2.45) is 0 Å². The van der Waals surface area contributed by atoms with Crippen molar-refractivity contribution in [1.29, 1.82) is 0 Å². The maximum absolute atomic E-state index is 12.7. The maximum atomic E-state index is 12.7. The molecule has 0 bridgehead atoms. The predicted molar refractivity (Wildman–Crippen MR) is 127 cm³/mol. The van der Waals surface area contributed by atoms with Crippen LogP contribution >= 0.6 is 0 Å². The van der Waals surface area contributed by atoms with Crippen molar-refractivity contribution >= 4 is 11.7 Å². The maximum Gasteiger partial charge on any atom is 0.256 e. The molecule has 4 rings (SSSR count). The molecule has 0 aliphatic carbocycles. The number of anilines is 1. The number of amides is 1. The highest BCUT2D eigenvalue weighted by atomic mass is 16.5. The van der Waals surface area contributed by atoms with Crippen LogP contribution in [0.1, 0.15) is 48.4 Å². The number of carbonyl (C=O) groups excluding carboxylic acids is 1. The van der Waals surface area contributed by atoms with Gasteiger partial charge in [-0.15, -0.1) is 0 Å². The molecular formula is C25H30N6O2. The molecule has 1 aromatic carbocycles. The number of hydrogen-bond acceptors (Lipinski definition) is 7. The van der Waals surface area contributed by atoms with Crippen molar-refractivity contribution in [3.8, 4) is 5.75 Å². The third-order valence-electron chi connectivity index (χ3n) is 6.49. The lowest BCUT2D eigenvalue weighted by molar-refractivity contribution is 0.0772. The molecule has 0 radical (unpaired) electrons. The van der Waals surface area contributed by atoms with Gasteiger partial charge in [0.25, 0.3) is 5.91 Å². The summed E-state index contributed by atoms with van der Waals surface area (Å²) in [6, 6.07) is 8.12. The van der Waals surface area contributed by atoms with Gasteiger partial charge in [-0.3, -0.25) is 9.78 Å². The van der Waals surface area contributed by atoms with Crippen LogP contribution in [0.4, 0.5) is 5.82 Å². The van der Waals surface area contributed by atoms with Gasteiger partial charge in [-0.1, -0.05) is 12.1 Å². The van der Waals surface area contributed by atoms with Crippen LogP contribution in [0.3, 0.4) is 0 Å². The van der Waals surface area contributed by atoms with Crippen LogP contribution in [-0.2, 0) is 5.41 Å². The second kappa shape index (κ2) is 9.94. The Morgan fingerprint density at radius 3 is 2.39 bits per heavy atom. The third kappa shape index (κ3) is 4.51. The average Bonchev–Trinajstić information content (AvgIpc) is 2.90. The molecule has 0 unspecified atom stereocenters. The minimum absolute atomic E-state index is 0.0422. The van der Waals surface area contributed by atoms with E-state index in [9.17, 15) is 4.79 Å². The molecule has 0 N–H and O–H groups in total. The minimum Gasteiger partial charge on any atom is -0.497 e. The highest BCUT2D eigenvalue weighted by Gasteiger charge is 2.41. The lowest BCUT2D eigenvalue weighted by atomic mass is 9.72. The fourth-order valence-corrected chi connectivity index (χ4v) is 4.51. The van der Waals surface area contributed by atoms with Crippen LogP contribution in [0.5, 0.6) is 5.75 Å². The molecule has 172 valence electrons. The SMILES string of the molecule is CCN(CC)C(=O)c1cnc(C2(c3cccc(OC)c3)CCN(c3cnccn3)CC2)nc1. The first kappa shape index (κ1) is 22.6. The first-order chi connectivity index (χ1) is 16.1. The summed E-state index contributed by atoms with van der Waals surface area (Å²) in [6.45, 7) is 6.84. The van der Waals surface area contributed by atoms with Gasteiger partial charge in [0, 0.05) is 51.0 Å². The van der Waals surface area contributed by atoms with E-state index in [1.54, 1.807) is 43.0 Å². The van der Waals surface area contributed by atoms with Gasteiger partial charge in [0.15, 0.2) is 0 Å². The normalized spacial score (nSPS) is 15.2. The van der Waals surface area contributed by atoms with Crippen molar-refractivity contribution < 1.29 is 9.53 Å². The summed E-state index contributed by atoms with van der Waals surface area (Å²) >= 11 is 0. The van der Waals surface area contributed by atoms with E-state index in [2.05, 4.69) is 27.0 Å². The number of benzene rings is 1. The molecule has 8 nitrogen and oxygen atoms in total. The van der Waals surface area contributed by atoms with E-state index < -0.39 is 0 Å². The molecule has 8 heteroatoms. The number of rotatable bonds is 7. The third-order valence-corrected chi connectivity index (χ3v) is 6.49. The molecular weight excluding hydrogens is 416 g/mol. The topological polar surface area (TPSA) is 84.3 Å². The zero-order chi connectivity index (χ0) is 23.3. The zero-order valence-corrected chi connectivity index (χ0v) is 19.4. The van der Waals surface area contributed by atoms with Gasteiger partial charge in [-0.05, 0) is 44.4 Å². The first-order valence-corrected chi connectivity index (χ1v) is 11.4. The van der Waals surface area contributed by atoms with E-state index in [1.165, 1.54) is 0 Å². The molecule has 1 aliphatic rings. The number of nitrogens with zero attached hydrogens (tertiary/aromatic N) is 6. The first-order valence-electron chi connectivity index (χ1n) is 11.4. The summed E-state index contributed by atoms with van der Waals surface area (Å²) in [5.74, 6) is 2.36. The Balaban J connectivity index is 1.68. The van der Waals surface area contributed by atoms with Crippen LogP contribution < -0.4 is 9.64 Å². The summed E-state index contributed by atoms with van der Waals surface area (Å²) in [5, 5.41) is 0. The summed E-state index contributed by atoms with van der Waals surface area (Å²) in [6.07, 6.45) is 10.1. The molecule has 0 spiro atoms. The van der Waals surface area contributed by atoms with Crippen molar-refractivity contribution in [3.63, 3.8) is 0 Å². The smallest absolute Gasteiger partial charge is 0.256 e. The van der Waals surface area contributed by atoms with Gasteiger partial charge >= 0.3 is 0 Å². The van der Waals surface area contributed by atoms with E-state index >= 15 is 0 Å². The van der Waals surface area contributed by atoms with Crippen LogP contribution in [0.15, 0.2) is 55.2 Å². The van der Waals surface area contributed by atoms with Crippen molar-refractivity contribution in [2.45, 2.75) is 32.1 Å². The second-order valence-corrected chi connectivity index (χ2v) is 8.14. The van der Waals surface area contributed by atoms with Gasteiger partial charge in [0.1, 0.15) is 17.4 Å². The molecule has 33 heavy (non-hydrogen) atoms. The molecule has 2 aromatic heterocycles. The quantitative estimate of drug-likeness (QED) is 0.550. The van der Waals surface area contributed by atoms with Gasteiger partial charge in [0.05, 0.1) is 24.3 Å². The van der Waals surface area contributed by atoms with E-state index in [0.717, 1.165) is 48.9 Å². The van der Waals surface area contributed by atoms with Crippen LogP contribution in [0.2, 0.25) is 0 Å². The van der Waals surface area contributed by atoms with Gasteiger partial charge in [-0.25, -0.2) is 15.0 Å². The Morgan fingerprint density at radius 1 is 1.06 bits per heavy atom. The monoisotopic (exact) mass is 446 g/mol. The van der Waals surface area contributed by atoms with Crippen molar-refractivity contribution in [3.05, 3.63) is 72.2 Å². The number of piperidine rings is 1. The molecule has 0 saturated carbocycles. The Hall–Kier alpha value is -3.55. The fourth-order valence-electron chi connectivity index (χ4n) is 4.51. The highest BCUT2D eigenvalue weighted by molar-refractivity contribution is 5.93. The van der Waals surface area contributed by atoms with Gasteiger partial charge in [-0.2, -0.15) is 0 Å². The molecule has 1 saturated heterocycles. The molecule has 1 aliphatic heterocycles. The Kier molecular flexibility index (Phi) is 6.82. The summed E-state index contributed by atoms with van der Waals surface area (Å²) in [7, 11) is 1.67. The van der Waals surface area contributed by atoms with E-state index in [1.807, 2.05) is 26.0 Å². The van der Waals surface area contributed by atoms with Crippen LogP contribution in [0.25, 0.3) is 0 Å². The van der Waals surface area contributed by atoms with Crippen LogP contribution in [-0.4, -0.2) is 64.0 Å². The lowest BCUT2D eigenvalue weighted by Crippen LogP contribution is -2.44. The number of carbonyl (C=O) groups is 1. The lowest BCUT2D eigenvalue weighted by Gasteiger charge is -2.41. The Morgan fingerprint density at radius 2 is 1.79 bits per heavy atom. The average molecular weight is 447 g/mol. The minimum atomic E-state index is -0.385. The number of ether oxygens (including phenoxy) is 1. The van der Waals surface area contributed by atoms with E-state index in [4.69, 9.17) is 14.7 Å². The molecule has 3 heterocycles. The molecule has 1 fully saturated rings. The Labute approximate surface area is 194 Å². The van der Waals surface area contributed by atoms with E-state index in [-0.39, 0.29) is 11.3 Å². The zero-order valence-electron chi connectivity index (χ0n) is 19.4. The molecule has 3 aromatic rings.